The molecule has 1 heterocycles. The molecule has 1 fully saturated rings. The van der Waals surface area contributed by atoms with Crippen molar-refractivity contribution in [1.82, 2.24) is 4.90 Å². The van der Waals surface area contributed by atoms with Gasteiger partial charge in [0.05, 0.1) is 13.7 Å². The van der Waals surface area contributed by atoms with Crippen molar-refractivity contribution >= 4 is 0 Å². The number of methoxy groups -OCH3 is 1. The smallest absolute Gasteiger partial charge is 0.123 e. The molecule has 0 spiro atoms. The van der Waals surface area contributed by atoms with Crippen molar-refractivity contribution < 1.29 is 9.57 Å². The van der Waals surface area contributed by atoms with Crippen molar-refractivity contribution in [3.05, 3.63) is 29.3 Å². The average molecular weight is 250 g/mol. The van der Waals surface area contributed by atoms with E-state index in [2.05, 4.69) is 21.9 Å². The first-order valence-electron chi connectivity index (χ1n) is 6.53. The zero-order valence-electron chi connectivity index (χ0n) is 11.0. The van der Waals surface area contributed by atoms with Gasteiger partial charge in [0.15, 0.2) is 0 Å². The van der Waals surface area contributed by atoms with Gasteiger partial charge in [0.1, 0.15) is 5.75 Å². The van der Waals surface area contributed by atoms with Crippen LogP contribution in [0.25, 0.3) is 0 Å². The van der Waals surface area contributed by atoms with Gasteiger partial charge in [-0.05, 0) is 44.0 Å². The first-order valence-corrected chi connectivity index (χ1v) is 6.53. The third kappa shape index (κ3) is 3.45. The van der Waals surface area contributed by atoms with Crippen molar-refractivity contribution in [1.29, 1.82) is 0 Å². The fourth-order valence-electron chi connectivity index (χ4n) is 2.47. The predicted octanol–water partition coefficient (Wildman–Crippen LogP) is 1.72. The van der Waals surface area contributed by atoms with Crippen LogP contribution in [-0.2, 0) is 17.8 Å². The van der Waals surface area contributed by atoms with Gasteiger partial charge in [-0.2, -0.15) is 0 Å². The molecule has 0 atom stereocenters. The molecule has 1 saturated heterocycles. The molecule has 0 radical (unpaired) electrons. The van der Waals surface area contributed by atoms with Crippen LogP contribution < -0.4 is 10.6 Å². The Kier molecular flexibility index (Phi) is 4.99. The largest absolute Gasteiger partial charge is 0.496 e. The fraction of sp³-hybridized carbons (Fsp3) is 0.571. The lowest BCUT2D eigenvalue weighted by Crippen LogP contribution is -2.19. The standard InChI is InChI=1S/C14H22N2O2/c1-17-14-5-4-12(6-9-18-15)10-13(14)11-16-7-2-3-8-16/h4-5,10H,2-3,6-9,11,15H2,1H3. The topological polar surface area (TPSA) is 47.7 Å². The summed E-state index contributed by atoms with van der Waals surface area (Å²) in [4.78, 5) is 7.11. The molecule has 1 aromatic rings. The summed E-state index contributed by atoms with van der Waals surface area (Å²) in [5.41, 5.74) is 2.50. The lowest BCUT2D eigenvalue weighted by atomic mass is 10.1. The number of hydrogen-bond acceptors (Lipinski definition) is 4. The zero-order chi connectivity index (χ0) is 12.8. The van der Waals surface area contributed by atoms with Crippen LogP contribution in [0.3, 0.4) is 0 Å². The highest BCUT2D eigenvalue weighted by atomic mass is 16.6. The van der Waals surface area contributed by atoms with Crippen LogP contribution in [0.1, 0.15) is 24.0 Å². The molecule has 1 aliphatic heterocycles. The van der Waals surface area contributed by atoms with E-state index >= 15 is 0 Å². The first-order chi connectivity index (χ1) is 8.83. The summed E-state index contributed by atoms with van der Waals surface area (Å²) in [6.45, 7) is 3.91. The van der Waals surface area contributed by atoms with Crippen LogP contribution in [0.2, 0.25) is 0 Å². The number of hydrogen-bond donors (Lipinski definition) is 1. The summed E-state index contributed by atoms with van der Waals surface area (Å²) in [5, 5.41) is 0. The highest BCUT2D eigenvalue weighted by Crippen LogP contribution is 2.23. The van der Waals surface area contributed by atoms with Gasteiger partial charge in [-0.15, -0.1) is 0 Å². The zero-order valence-corrected chi connectivity index (χ0v) is 11.0. The van der Waals surface area contributed by atoms with Crippen molar-refractivity contribution in [2.45, 2.75) is 25.8 Å². The number of ether oxygens (including phenoxy) is 1. The predicted molar refractivity (Wildman–Crippen MR) is 71.3 cm³/mol. The van der Waals surface area contributed by atoms with E-state index in [9.17, 15) is 0 Å². The maximum Gasteiger partial charge on any atom is 0.123 e. The van der Waals surface area contributed by atoms with E-state index in [1.165, 1.54) is 37.1 Å². The highest BCUT2D eigenvalue weighted by Gasteiger charge is 2.14. The van der Waals surface area contributed by atoms with Crippen LogP contribution in [0.5, 0.6) is 5.75 Å². The maximum absolute atomic E-state index is 5.43. The summed E-state index contributed by atoms with van der Waals surface area (Å²) < 4.78 is 5.43. The molecule has 2 N–H and O–H groups in total. The Morgan fingerprint density at radius 3 is 2.72 bits per heavy atom. The minimum Gasteiger partial charge on any atom is -0.496 e. The fourth-order valence-corrected chi connectivity index (χ4v) is 2.47. The second kappa shape index (κ2) is 6.73. The van der Waals surface area contributed by atoms with Crippen LogP contribution in [0, 0.1) is 0 Å². The monoisotopic (exact) mass is 250 g/mol. The van der Waals surface area contributed by atoms with Crippen LogP contribution in [0.15, 0.2) is 18.2 Å². The summed E-state index contributed by atoms with van der Waals surface area (Å²) in [7, 11) is 1.73. The molecule has 100 valence electrons. The van der Waals surface area contributed by atoms with Crippen LogP contribution in [0.4, 0.5) is 0 Å². The number of nitrogens with zero attached hydrogens (tertiary/aromatic N) is 1. The summed E-state index contributed by atoms with van der Waals surface area (Å²) in [5.74, 6) is 6.04. The van der Waals surface area contributed by atoms with Gasteiger partial charge in [0, 0.05) is 12.1 Å². The van der Waals surface area contributed by atoms with Gasteiger partial charge in [-0.1, -0.05) is 12.1 Å². The van der Waals surface area contributed by atoms with Gasteiger partial charge in [0.25, 0.3) is 0 Å². The molecule has 1 aliphatic rings. The van der Waals surface area contributed by atoms with Gasteiger partial charge in [0.2, 0.25) is 0 Å². The molecule has 0 bridgehead atoms. The van der Waals surface area contributed by atoms with E-state index < -0.39 is 0 Å². The summed E-state index contributed by atoms with van der Waals surface area (Å²) in [6.07, 6.45) is 3.46. The first kappa shape index (κ1) is 13.3. The Morgan fingerprint density at radius 2 is 2.06 bits per heavy atom. The summed E-state index contributed by atoms with van der Waals surface area (Å²) >= 11 is 0. The highest BCUT2D eigenvalue weighted by molar-refractivity contribution is 5.37. The van der Waals surface area contributed by atoms with Crippen molar-refractivity contribution in [3.8, 4) is 5.75 Å². The minimum absolute atomic E-state index is 0.551. The maximum atomic E-state index is 5.43. The number of likely N-dealkylation sites (tertiary alicyclic amines) is 1. The van der Waals surface area contributed by atoms with Crippen molar-refractivity contribution in [2.24, 2.45) is 5.90 Å². The number of nitrogens with two attached hydrogens (primary N) is 1. The Labute approximate surface area is 109 Å². The quantitative estimate of drug-likeness (QED) is 0.781. The van der Waals surface area contributed by atoms with E-state index in [0.717, 1.165) is 18.7 Å². The molecule has 18 heavy (non-hydrogen) atoms. The van der Waals surface area contributed by atoms with E-state index in [4.69, 9.17) is 10.6 Å². The van der Waals surface area contributed by atoms with Gasteiger partial charge < -0.3 is 9.57 Å². The summed E-state index contributed by atoms with van der Waals surface area (Å²) in [6, 6.07) is 6.32. The normalized spacial score (nSPS) is 16.1. The molecule has 4 nitrogen and oxygen atoms in total. The van der Waals surface area contributed by atoms with Crippen LogP contribution in [-0.4, -0.2) is 31.7 Å². The van der Waals surface area contributed by atoms with E-state index in [1.807, 2.05) is 6.07 Å². The lowest BCUT2D eigenvalue weighted by Gasteiger charge is -2.17. The van der Waals surface area contributed by atoms with Gasteiger partial charge in [-0.25, -0.2) is 5.90 Å². The van der Waals surface area contributed by atoms with Crippen LogP contribution >= 0.6 is 0 Å². The SMILES string of the molecule is COc1ccc(CCON)cc1CN1CCCC1. The van der Waals surface area contributed by atoms with Crippen molar-refractivity contribution in [2.75, 3.05) is 26.8 Å². The molecular weight excluding hydrogens is 228 g/mol. The molecule has 0 aromatic heterocycles. The molecule has 2 rings (SSSR count). The minimum atomic E-state index is 0.551. The Balaban J connectivity index is 2.08. The second-order valence-corrected chi connectivity index (χ2v) is 4.75. The second-order valence-electron chi connectivity index (χ2n) is 4.75. The average Bonchev–Trinajstić information content (AvgIpc) is 2.89. The number of benzene rings is 1. The van der Waals surface area contributed by atoms with Gasteiger partial charge in [-0.3, -0.25) is 4.90 Å². The third-order valence-corrected chi connectivity index (χ3v) is 3.45. The van der Waals surface area contributed by atoms with Crippen molar-refractivity contribution in [3.63, 3.8) is 0 Å². The Bertz CT molecular complexity index is 376. The molecule has 4 heteroatoms. The molecular formula is C14H22N2O2. The third-order valence-electron chi connectivity index (χ3n) is 3.45. The van der Waals surface area contributed by atoms with E-state index in [0.29, 0.717) is 6.61 Å². The number of rotatable bonds is 6. The Morgan fingerprint density at radius 1 is 1.28 bits per heavy atom. The van der Waals surface area contributed by atoms with E-state index in [1.54, 1.807) is 7.11 Å². The lowest BCUT2D eigenvalue weighted by molar-refractivity contribution is 0.141. The molecule has 0 unspecified atom stereocenters. The molecule has 0 amide bonds. The van der Waals surface area contributed by atoms with Gasteiger partial charge >= 0.3 is 0 Å². The molecule has 0 saturated carbocycles. The Hall–Kier alpha value is -1.10. The molecule has 1 aromatic carbocycles. The molecule has 0 aliphatic carbocycles. The van der Waals surface area contributed by atoms with E-state index in [-0.39, 0.29) is 0 Å².